The summed E-state index contributed by atoms with van der Waals surface area (Å²) < 4.78 is 0. The summed E-state index contributed by atoms with van der Waals surface area (Å²) in [5.74, 6) is -2.96. The maximum atomic E-state index is 13.0. The van der Waals surface area contributed by atoms with Crippen LogP contribution in [0.2, 0.25) is 0 Å². The number of carboxylic acids is 2. The molecule has 5 N–H and O–H groups in total. The summed E-state index contributed by atoms with van der Waals surface area (Å²) in [5, 5.41) is 33.8. The molecule has 0 radical (unpaired) electrons. The van der Waals surface area contributed by atoms with E-state index in [4.69, 9.17) is 0 Å². The van der Waals surface area contributed by atoms with Crippen LogP contribution in [-0.2, 0) is 25.6 Å². The van der Waals surface area contributed by atoms with E-state index < -0.39 is 29.9 Å². The molecule has 0 aliphatic carbocycles. The molecule has 208 valence electrons. The van der Waals surface area contributed by atoms with Gasteiger partial charge in [-0.15, -0.1) is 0 Å². The summed E-state index contributed by atoms with van der Waals surface area (Å²) in [6.45, 7) is 9.63. The number of rotatable bonds is 16. The summed E-state index contributed by atoms with van der Waals surface area (Å²) in [4.78, 5) is 48.4. The zero-order chi connectivity index (χ0) is 28.2. The number of hydrogen-bond acceptors (Lipinski definition) is 7. The van der Waals surface area contributed by atoms with Crippen LogP contribution in [0.25, 0.3) is 0 Å². The number of phenolic OH excluding ortho intramolecular Hbond substituents is 1. The molecule has 0 spiro atoms. The van der Waals surface area contributed by atoms with Gasteiger partial charge < -0.3 is 26.0 Å². The van der Waals surface area contributed by atoms with Crippen molar-refractivity contribution in [1.29, 1.82) is 0 Å². The van der Waals surface area contributed by atoms with E-state index in [1.165, 1.54) is 0 Å². The monoisotopic (exact) mass is 556 g/mol. The van der Waals surface area contributed by atoms with E-state index in [0.717, 1.165) is 27.2 Å². The third kappa shape index (κ3) is 14.2. The van der Waals surface area contributed by atoms with Crippen molar-refractivity contribution in [1.82, 2.24) is 10.6 Å². The highest BCUT2D eigenvalue weighted by Crippen LogP contribution is 2.25. The number of carbonyl (C=O) groups excluding carboxylic acids is 2. The Morgan fingerprint density at radius 3 is 2.00 bits per heavy atom. The van der Waals surface area contributed by atoms with Crippen LogP contribution < -0.4 is 10.6 Å². The predicted molar refractivity (Wildman–Crippen MR) is 147 cm³/mol. The van der Waals surface area contributed by atoms with E-state index in [2.05, 4.69) is 10.6 Å². The van der Waals surface area contributed by atoms with Crippen molar-refractivity contribution in [3.8, 4) is 5.75 Å². The molecule has 9 nitrogen and oxygen atoms in total. The standard InChI is InChI=1S/C26H40N2O7S2/c1-16(2)11-18(10-9-17-7-6-8-19(29)12-17)23(31)28-21(25(34)35)15-37-36-14-20(24(32)33)27-22(30)13-26(3,4)5/h6-8,12,16,18,20-21,29H,9-11,13-15H2,1-5H3,(H,27,30)(H,28,31)(H,32,33)(H,34,35)/t18-,20+,21+/m1/s1. The minimum absolute atomic E-state index is 0.0367. The fraction of sp³-hybridized carbons (Fsp3) is 0.615. The highest BCUT2D eigenvalue weighted by Gasteiger charge is 2.27. The maximum Gasteiger partial charge on any atom is 0.327 e. The first-order valence-electron chi connectivity index (χ1n) is 12.3. The van der Waals surface area contributed by atoms with E-state index in [1.54, 1.807) is 18.2 Å². The van der Waals surface area contributed by atoms with Gasteiger partial charge in [0.05, 0.1) is 0 Å². The van der Waals surface area contributed by atoms with Crippen molar-refractivity contribution < 1.29 is 34.5 Å². The quantitative estimate of drug-likeness (QED) is 0.150. The summed E-state index contributed by atoms with van der Waals surface area (Å²) in [7, 11) is 2.27. The van der Waals surface area contributed by atoms with Gasteiger partial charge in [0.15, 0.2) is 0 Å². The minimum Gasteiger partial charge on any atom is -0.508 e. The minimum atomic E-state index is -1.18. The lowest BCUT2D eigenvalue weighted by atomic mass is 9.90. The second-order valence-electron chi connectivity index (χ2n) is 10.7. The summed E-state index contributed by atoms with van der Waals surface area (Å²) in [6.07, 6.45) is 1.85. The Hall–Kier alpha value is -2.40. The third-order valence-corrected chi connectivity index (χ3v) is 7.73. The number of aryl methyl sites for hydroxylation is 1. The molecule has 0 bridgehead atoms. The largest absolute Gasteiger partial charge is 0.508 e. The second kappa shape index (κ2) is 15.8. The average Bonchev–Trinajstić information content (AvgIpc) is 2.75. The molecule has 2 amide bonds. The Kier molecular flexibility index (Phi) is 13.9. The second-order valence-corrected chi connectivity index (χ2v) is 13.3. The van der Waals surface area contributed by atoms with Crippen LogP contribution in [0.5, 0.6) is 5.75 Å². The number of aromatic hydroxyl groups is 1. The van der Waals surface area contributed by atoms with Gasteiger partial charge in [0, 0.05) is 23.8 Å². The smallest absolute Gasteiger partial charge is 0.327 e. The van der Waals surface area contributed by atoms with Gasteiger partial charge in [0.2, 0.25) is 11.8 Å². The van der Waals surface area contributed by atoms with Gasteiger partial charge in [0.1, 0.15) is 17.8 Å². The maximum absolute atomic E-state index is 13.0. The highest BCUT2D eigenvalue weighted by atomic mass is 33.1. The topological polar surface area (TPSA) is 153 Å². The van der Waals surface area contributed by atoms with Gasteiger partial charge in [0.25, 0.3) is 0 Å². The number of hydrogen-bond donors (Lipinski definition) is 5. The molecule has 1 aromatic carbocycles. The predicted octanol–water partition coefficient (Wildman–Crippen LogP) is 3.94. The first-order valence-corrected chi connectivity index (χ1v) is 14.7. The lowest BCUT2D eigenvalue weighted by Crippen LogP contribution is -2.45. The van der Waals surface area contributed by atoms with Gasteiger partial charge in [-0.2, -0.15) is 0 Å². The van der Waals surface area contributed by atoms with Gasteiger partial charge >= 0.3 is 11.9 Å². The molecule has 0 aromatic heterocycles. The van der Waals surface area contributed by atoms with E-state index >= 15 is 0 Å². The van der Waals surface area contributed by atoms with E-state index in [9.17, 15) is 34.5 Å². The van der Waals surface area contributed by atoms with E-state index in [-0.39, 0.29) is 46.8 Å². The van der Waals surface area contributed by atoms with E-state index in [0.29, 0.717) is 19.3 Å². The molecule has 0 saturated carbocycles. The number of carbonyl (C=O) groups is 4. The van der Waals surface area contributed by atoms with Crippen LogP contribution in [-0.4, -0.2) is 62.7 Å². The van der Waals surface area contributed by atoms with Crippen molar-refractivity contribution in [3.05, 3.63) is 29.8 Å². The number of carboxylic acid groups (broad SMARTS) is 2. The molecular formula is C26H40N2O7S2. The van der Waals surface area contributed by atoms with Crippen molar-refractivity contribution in [2.45, 2.75) is 72.4 Å². The van der Waals surface area contributed by atoms with Gasteiger partial charge in [-0.1, -0.05) is 68.3 Å². The third-order valence-electron chi connectivity index (χ3n) is 5.31. The molecule has 0 unspecified atom stereocenters. The fourth-order valence-corrected chi connectivity index (χ4v) is 5.89. The molecule has 1 rings (SSSR count). The molecule has 0 aliphatic rings. The van der Waals surface area contributed by atoms with Crippen molar-refractivity contribution in [3.63, 3.8) is 0 Å². The molecule has 1 aromatic rings. The number of benzene rings is 1. The van der Waals surface area contributed by atoms with Crippen LogP contribution in [0.4, 0.5) is 0 Å². The average molecular weight is 557 g/mol. The van der Waals surface area contributed by atoms with Crippen LogP contribution in [0.15, 0.2) is 24.3 Å². The molecular weight excluding hydrogens is 516 g/mol. The lowest BCUT2D eigenvalue weighted by molar-refractivity contribution is -0.142. The molecule has 3 atom stereocenters. The Morgan fingerprint density at radius 2 is 1.51 bits per heavy atom. The van der Waals surface area contributed by atoms with Crippen molar-refractivity contribution in [2.24, 2.45) is 17.3 Å². The number of amides is 2. The normalized spacial score (nSPS) is 14.0. The van der Waals surface area contributed by atoms with Crippen LogP contribution in [0.3, 0.4) is 0 Å². The number of aliphatic carboxylic acids is 2. The Labute approximate surface area is 227 Å². The van der Waals surface area contributed by atoms with Gasteiger partial charge in [-0.25, -0.2) is 9.59 Å². The summed E-state index contributed by atoms with van der Waals surface area (Å²) in [5.41, 5.74) is 0.615. The number of nitrogens with one attached hydrogen (secondary N) is 2. The molecule has 0 saturated heterocycles. The SMILES string of the molecule is CC(C)C[C@@H](CCc1cccc(O)c1)C(=O)N[C@@H](CSSC[C@H](NC(=O)CC(C)(C)C)C(=O)O)C(=O)O. The Morgan fingerprint density at radius 1 is 0.946 bits per heavy atom. The van der Waals surface area contributed by atoms with Crippen LogP contribution in [0, 0.1) is 17.3 Å². The molecule has 11 heteroatoms. The number of phenols is 1. The van der Waals surface area contributed by atoms with Gasteiger partial charge in [-0.3, -0.25) is 9.59 Å². The molecule has 0 fully saturated rings. The molecule has 0 aliphatic heterocycles. The van der Waals surface area contributed by atoms with Crippen molar-refractivity contribution >= 4 is 45.3 Å². The molecule has 37 heavy (non-hydrogen) atoms. The first kappa shape index (κ1) is 32.6. The van der Waals surface area contributed by atoms with Crippen LogP contribution in [0.1, 0.15) is 59.4 Å². The molecule has 0 heterocycles. The van der Waals surface area contributed by atoms with Gasteiger partial charge in [-0.05, 0) is 48.3 Å². The van der Waals surface area contributed by atoms with Crippen LogP contribution >= 0.6 is 21.6 Å². The summed E-state index contributed by atoms with van der Waals surface area (Å²) in [6, 6.07) is 4.59. The fourth-order valence-electron chi connectivity index (χ4n) is 3.58. The summed E-state index contributed by atoms with van der Waals surface area (Å²) >= 11 is 0. The highest BCUT2D eigenvalue weighted by molar-refractivity contribution is 8.76. The Balaban J connectivity index is 2.65. The van der Waals surface area contributed by atoms with E-state index in [1.807, 2.05) is 40.7 Å². The Bertz CT molecular complexity index is 918. The lowest BCUT2D eigenvalue weighted by Gasteiger charge is -2.22. The van der Waals surface area contributed by atoms with Crippen molar-refractivity contribution in [2.75, 3.05) is 11.5 Å². The first-order chi connectivity index (χ1) is 17.2. The zero-order valence-electron chi connectivity index (χ0n) is 22.2. The zero-order valence-corrected chi connectivity index (χ0v) is 23.8.